The second-order valence-electron chi connectivity index (χ2n) is 14.2. The maximum atomic E-state index is 10.1. The Morgan fingerprint density at radius 1 is 0.690 bits per heavy atom. The molecule has 1 fully saturated rings. The third kappa shape index (κ3) is 11.9. The summed E-state index contributed by atoms with van der Waals surface area (Å²) in [7, 11) is 0. The van der Waals surface area contributed by atoms with Crippen molar-refractivity contribution in [2.75, 3.05) is 0 Å². The Labute approximate surface area is 258 Å². The van der Waals surface area contributed by atoms with Crippen LogP contribution in [0.2, 0.25) is 0 Å². The molecule has 2 N–H and O–H groups in total. The minimum atomic E-state index is -0.225. The van der Waals surface area contributed by atoms with Crippen LogP contribution in [0.25, 0.3) is 0 Å². The molecule has 230 valence electrons. The molecule has 0 aromatic heterocycles. The Morgan fingerprint density at radius 2 is 1.19 bits per heavy atom. The fraction of sp³-hybridized carbons (Fsp3) is 0.500. The standard InChI is InChI=1S/C40H58O2/c1-29(17-13-19-31(3)21-23-37-33(5)25-35(41)27-39(37,7)8)15-11-12-16-30(2)18-14-20-32(4)22-24-38-34(6)26-36(42)28-40(38,9)10/h11-24,33,35-37,41-42H,25-28H2,1-10H3/b12-11+,17-13+,18-14+,23-21+,24-22+,29-15+,30-16+,31-19+,32-20+/t33?,35-,36+,37-/m0/s1. The molecule has 4 atom stereocenters. The van der Waals surface area contributed by atoms with Gasteiger partial charge in [0.05, 0.1) is 12.2 Å². The van der Waals surface area contributed by atoms with Crippen molar-refractivity contribution < 1.29 is 10.2 Å². The molecule has 1 saturated carbocycles. The summed E-state index contributed by atoms with van der Waals surface area (Å²) >= 11 is 0. The maximum absolute atomic E-state index is 10.1. The van der Waals surface area contributed by atoms with Gasteiger partial charge in [0.15, 0.2) is 0 Å². The average molecular weight is 571 g/mol. The molecule has 0 aliphatic heterocycles. The Hall–Kier alpha value is -2.68. The second kappa shape index (κ2) is 16.2. The van der Waals surface area contributed by atoms with Crippen molar-refractivity contribution in [2.45, 2.75) is 107 Å². The van der Waals surface area contributed by atoms with Crippen molar-refractivity contribution in [3.05, 3.63) is 119 Å². The zero-order valence-electron chi connectivity index (χ0n) is 28.1. The topological polar surface area (TPSA) is 40.5 Å². The van der Waals surface area contributed by atoms with Crippen LogP contribution in [-0.4, -0.2) is 22.4 Å². The van der Waals surface area contributed by atoms with Crippen molar-refractivity contribution in [3.63, 3.8) is 0 Å². The molecule has 1 unspecified atom stereocenters. The van der Waals surface area contributed by atoms with E-state index in [-0.39, 0.29) is 23.0 Å². The lowest BCUT2D eigenvalue weighted by Crippen LogP contribution is -2.38. The van der Waals surface area contributed by atoms with Crippen LogP contribution in [0.4, 0.5) is 0 Å². The largest absolute Gasteiger partial charge is 0.393 e. The molecule has 0 aromatic carbocycles. The van der Waals surface area contributed by atoms with Crippen LogP contribution in [0.3, 0.4) is 0 Å². The van der Waals surface area contributed by atoms with Gasteiger partial charge < -0.3 is 10.2 Å². The summed E-state index contributed by atoms with van der Waals surface area (Å²) in [5, 5.41) is 20.2. The smallest absolute Gasteiger partial charge is 0.0585 e. The van der Waals surface area contributed by atoms with Crippen molar-refractivity contribution in [2.24, 2.45) is 22.7 Å². The van der Waals surface area contributed by atoms with Gasteiger partial charge in [0.1, 0.15) is 0 Å². The van der Waals surface area contributed by atoms with E-state index >= 15 is 0 Å². The van der Waals surface area contributed by atoms with Gasteiger partial charge in [-0.15, -0.1) is 0 Å². The highest BCUT2D eigenvalue weighted by Crippen LogP contribution is 2.45. The van der Waals surface area contributed by atoms with Gasteiger partial charge in [-0.25, -0.2) is 0 Å². The monoisotopic (exact) mass is 570 g/mol. The number of allylic oxidation sites excluding steroid dienone is 19. The predicted octanol–water partition coefficient (Wildman–Crippen LogP) is 10.5. The number of hydrogen-bond acceptors (Lipinski definition) is 2. The first-order chi connectivity index (χ1) is 19.6. The summed E-state index contributed by atoms with van der Waals surface area (Å²) < 4.78 is 0. The fourth-order valence-corrected chi connectivity index (χ4v) is 6.61. The first kappa shape index (κ1) is 35.5. The Morgan fingerprint density at radius 3 is 1.71 bits per heavy atom. The summed E-state index contributed by atoms with van der Waals surface area (Å²) in [6.45, 7) is 21.9. The number of aliphatic hydroxyl groups is 2. The zero-order valence-corrected chi connectivity index (χ0v) is 28.1. The van der Waals surface area contributed by atoms with Gasteiger partial charge in [0.25, 0.3) is 0 Å². The van der Waals surface area contributed by atoms with E-state index in [9.17, 15) is 10.2 Å². The van der Waals surface area contributed by atoms with Crippen LogP contribution in [0.1, 0.15) is 94.9 Å². The molecule has 2 nitrogen and oxygen atoms in total. The van der Waals surface area contributed by atoms with Crippen molar-refractivity contribution >= 4 is 0 Å². The fourth-order valence-electron chi connectivity index (χ4n) is 6.61. The van der Waals surface area contributed by atoms with Gasteiger partial charge in [-0.3, -0.25) is 0 Å². The van der Waals surface area contributed by atoms with E-state index in [1.54, 1.807) is 0 Å². The molecule has 2 rings (SSSR count). The third-order valence-electron chi connectivity index (χ3n) is 8.74. The highest BCUT2D eigenvalue weighted by molar-refractivity contribution is 5.38. The van der Waals surface area contributed by atoms with Gasteiger partial charge in [-0.05, 0) is 88.5 Å². The summed E-state index contributed by atoms with van der Waals surface area (Å²) in [4.78, 5) is 0. The van der Waals surface area contributed by atoms with E-state index in [1.807, 2.05) is 0 Å². The van der Waals surface area contributed by atoms with Crippen LogP contribution in [0.5, 0.6) is 0 Å². The summed E-state index contributed by atoms with van der Waals surface area (Å²) in [6.07, 6.45) is 33.1. The van der Waals surface area contributed by atoms with Crippen LogP contribution in [0.15, 0.2) is 119 Å². The summed E-state index contributed by atoms with van der Waals surface area (Å²) in [5.41, 5.74) is 7.60. The molecular formula is C40H58O2. The average Bonchev–Trinajstić information content (AvgIpc) is 2.84. The van der Waals surface area contributed by atoms with E-state index in [0.29, 0.717) is 11.8 Å². The summed E-state index contributed by atoms with van der Waals surface area (Å²) in [5.74, 6) is 0.982. The molecule has 2 aliphatic carbocycles. The van der Waals surface area contributed by atoms with Gasteiger partial charge >= 0.3 is 0 Å². The first-order valence-corrected chi connectivity index (χ1v) is 15.7. The van der Waals surface area contributed by atoms with Crippen LogP contribution < -0.4 is 0 Å². The van der Waals surface area contributed by atoms with E-state index < -0.39 is 0 Å². The van der Waals surface area contributed by atoms with Crippen molar-refractivity contribution in [1.29, 1.82) is 0 Å². The molecule has 0 radical (unpaired) electrons. The van der Waals surface area contributed by atoms with Gasteiger partial charge in [-0.1, -0.05) is 148 Å². The van der Waals surface area contributed by atoms with E-state index in [1.165, 1.54) is 33.4 Å². The van der Waals surface area contributed by atoms with Gasteiger partial charge in [0, 0.05) is 0 Å². The first-order valence-electron chi connectivity index (χ1n) is 15.7. The normalized spacial score (nSPS) is 28.5. The molecule has 0 heterocycles. The van der Waals surface area contributed by atoms with E-state index in [0.717, 1.165) is 25.7 Å². The number of aliphatic hydroxyl groups excluding tert-OH is 2. The van der Waals surface area contributed by atoms with E-state index in [2.05, 4.69) is 154 Å². The number of hydrogen-bond donors (Lipinski definition) is 2. The quantitative estimate of drug-likeness (QED) is 0.256. The number of rotatable bonds is 10. The highest BCUT2D eigenvalue weighted by atomic mass is 16.3. The van der Waals surface area contributed by atoms with Gasteiger partial charge in [0.2, 0.25) is 0 Å². The molecular weight excluding hydrogens is 512 g/mol. The SMILES string of the molecule is CC1=C(/C=C/C(C)=C/C=C/C(C)=C/C=C/C=C(C)/C=C/C=C(C)/C=C/[C@H]2C(C)C[C@H](O)CC2(C)C)C(C)(C)C[C@H](O)C1. The van der Waals surface area contributed by atoms with Crippen LogP contribution in [0, 0.1) is 22.7 Å². The highest BCUT2D eigenvalue weighted by Gasteiger charge is 2.39. The third-order valence-corrected chi connectivity index (χ3v) is 8.74. The van der Waals surface area contributed by atoms with E-state index in [4.69, 9.17) is 0 Å². The van der Waals surface area contributed by atoms with Crippen molar-refractivity contribution in [1.82, 2.24) is 0 Å². The molecule has 0 amide bonds. The lowest BCUT2D eigenvalue weighted by molar-refractivity contribution is 0.00771. The molecule has 42 heavy (non-hydrogen) atoms. The maximum Gasteiger partial charge on any atom is 0.0585 e. The Kier molecular flexibility index (Phi) is 13.7. The minimum Gasteiger partial charge on any atom is -0.393 e. The molecule has 0 saturated heterocycles. The van der Waals surface area contributed by atoms with Crippen molar-refractivity contribution in [3.8, 4) is 0 Å². The lowest BCUT2D eigenvalue weighted by Gasteiger charge is -2.43. The Bertz CT molecular complexity index is 1220. The van der Waals surface area contributed by atoms with Crippen LogP contribution in [-0.2, 0) is 0 Å². The predicted molar refractivity (Wildman–Crippen MR) is 184 cm³/mol. The molecule has 0 aromatic rings. The molecule has 0 spiro atoms. The summed E-state index contributed by atoms with van der Waals surface area (Å²) in [6, 6.07) is 0. The van der Waals surface area contributed by atoms with Crippen LogP contribution >= 0.6 is 0 Å². The Balaban J connectivity index is 1.88. The minimum absolute atomic E-state index is 0.00691. The molecule has 2 heteroatoms. The molecule has 2 aliphatic rings. The molecule has 0 bridgehead atoms. The second-order valence-corrected chi connectivity index (χ2v) is 14.2. The zero-order chi connectivity index (χ0) is 31.5. The lowest BCUT2D eigenvalue weighted by atomic mass is 9.63. The van der Waals surface area contributed by atoms with Gasteiger partial charge in [-0.2, -0.15) is 0 Å².